The number of aromatic amines is 1. The molecule has 8 nitrogen and oxygen atoms in total. The molecule has 0 saturated carbocycles. The van der Waals surface area contributed by atoms with E-state index in [0.717, 1.165) is 11.4 Å². The van der Waals surface area contributed by atoms with Gasteiger partial charge < -0.3 is 10.2 Å². The van der Waals surface area contributed by atoms with Crippen molar-refractivity contribution >= 4 is 23.0 Å². The lowest BCUT2D eigenvalue weighted by Gasteiger charge is -2.17. The van der Waals surface area contributed by atoms with Gasteiger partial charge in [-0.3, -0.25) is 24.1 Å². The number of para-hydroxylation sites is 1. The summed E-state index contributed by atoms with van der Waals surface area (Å²) < 4.78 is 15.9. The van der Waals surface area contributed by atoms with Crippen LogP contribution in [-0.4, -0.2) is 46.2 Å². The number of amides is 1. The van der Waals surface area contributed by atoms with E-state index in [1.54, 1.807) is 30.5 Å². The van der Waals surface area contributed by atoms with E-state index in [1.807, 2.05) is 0 Å². The molecule has 3 aromatic rings. The molecule has 0 aliphatic carbocycles. The molecular formula is C22H18FN5O3. The summed E-state index contributed by atoms with van der Waals surface area (Å²) in [5.41, 5.74) is 1.59. The number of carbonyl (C=O) groups is 1. The molecule has 2 aliphatic heterocycles. The van der Waals surface area contributed by atoms with Crippen LogP contribution in [0.15, 0.2) is 68.4 Å². The molecule has 0 fully saturated rings. The minimum atomic E-state index is -0.631. The first-order valence-corrected chi connectivity index (χ1v) is 9.79. The highest BCUT2D eigenvalue weighted by Gasteiger charge is 2.29. The molecule has 0 spiro atoms. The summed E-state index contributed by atoms with van der Waals surface area (Å²) >= 11 is 0. The van der Waals surface area contributed by atoms with E-state index in [2.05, 4.69) is 15.3 Å². The van der Waals surface area contributed by atoms with Gasteiger partial charge in [0.2, 0.25) is 0 Å². The van der Waals surface area contributed by atoms with Crippen molar-refractivity contribution in [2.24, 2.45) is 4.99 Å². The van der Waals surface area contributed by atoms with Crippen molar-refractivity contribution in [1.29, 1.82) is 0 Å². The van der Waals surface area contributed by atoms with Crippen molar-refractivity contribution in [3.63, 3.8) is 0 Å². The average Bonchev–Trinajstić information content (AvgIpc) is 3.21. The van der Waals surface area contributed by atoms with Crippen molar-refractivity contribution in [3.05, 3.63) is 91.6 Å². The highest BCUT2D eigenvalue weighted by atomic mass is 19.1. The molecule has 2 aliphatic rings. The number of hydrogen-bond acceptors (Lipinski definition) is 5. The SMILES string of the molecule is O=C(c1cc(Cn2c(=O)[nH]c(=O)c3ccccc32)ccc1F)N1CC2=C(C1)NCC=N2. The number of benzene rings is 2. The molecule has 0 saturated heterocycles. The lowest BCUT2D eigenvalue weighted by molar-refractivity contribution is 0.0790. The molecule has 3 heterocycles. The van der Waals surface area contributed by atoms with Crippen LogP contribution >= 0.6 is 0 Å². The molecule has 0 unspecified atom stereocenters. The molecule has 0 radical (unpaired) electrons. The zero-order valence-electron chi connectivity index (χ0n) is 16.4. The Balaban J connectivity index is 1.47. The first-order chi connectivity index (χ1) is 15.0. The minimum Gasteiger partial charge on any atom is -0.380 e. The second-order valence-corrected chi connectivity index (χ2v) is 7.46. The zero-order chi connectivity index (χ0) is 21.5. The van der Waals surface area contributed by atoms with Crippen LogP contribution in [0, 0.1) is 5.82 Å². The summed E-state index contributed by atoms with van der Waals surface area (Å²) in [5.74, 6) is -1.07. The summed E-state index contributed by atoms with van der Waals surface area (Å²) in [7, 11) is 0. The van der Waals surface area contributed by atoms with Crippen LogP contribution in [0.5, 0.6) is 0 Å². The fraction of sp³-hybridized carbons (Fsp3) is 0.182. The van der Waals surface area contributed by atoms with Gasteiger partial charge in [-0.05, 0) is 29.8 Å². The zero-order valence-corrected chi connectivity index (χ0v) is 16.4. The maximum absolute atomic E-state index is 14.5. The predicted molar refractivity (Wildman–Crippen MR) is 114 cm³/mol. The molecular weight excluding hydrogens is 401 g/mol. The minimum absolute atomic E-state index is 0.0666. The number of carbonyl (C=O) groups excluding carboxylic acids is 1. The van der Waals surface area contributed by atoms with Crippen molar-refractivity contribution < 1.29 is 9.18 Å². The molecule has 5 rings (SSSR count). The summed E-state index contributed by atoms with van der Waals surface area (Å²) in [5, 5.41) is 3.56. The number of halogens is 1. The predicted octanol–water partition coefficient (Wildman–Crippen LogP) is 1.22. The second-order valence-electron chi connectivity index (χ2n) is 7.46. The van der Waals surface area contributed by atoms with Crippen molar-refractivity contribution in [3.8, 4) is 0 Å². The third kappa shape index (κ3) is 3.33. The third-order valence-electron chi connectivity index (χ3n) is 5.49. The standard InChI is InChI=1S/C22H18FN5O3/c23-16-6-5-13(10-28-19-4-2-1-3-14(19)20(29)26-22(28)31)9-15(16)21(30)27-11-17-18(12-27)25-8-7-24-17/h1-7,9,25H,8,10-12H2,(H,26,29,31). The topological polar surface area (TPSA) is 99.6 Å². The number of nitrogens with one attached hydrogen (secondary N) is 2. The summed E-state index contributed by atoms with van der Waals surface area (Å²) in [6, 6.07) is 11.0. The van der Waals surface area contributed by atoms with Crippen LogP contribution in [0.2, 0.25) is 0 Å². The van der Waals surface area contributed by atoms with Gasteiger partial charge in [0.25, 0.3) is 11.5 Å². The van der Waals surface area contributed by atoms with Crippen molar-refractivity contribution in [1.82, 2.24) is 19.8 Å². The summed E-state index contributed by atoms with van der Waals surface area (Å²) in [6.07, 6.45) is 1.74. The highest BCUT2D eigenvalue weighted by molar-refractivity contribution is 5.95. The van der Waals surface area contributed by atoms with Gasteiger partial charge in [0.1, 0.15) is 5.82 Å². The van der Waals surface area contributed by atoms with Crippen molar-refractivity contribution in [2.75, 3.05) is 19.6 Å². The lowest BCUT2D eigenvalue weighted by Crippen LogP contribution is -2.32. The smallest absolute Gasteiger partial charge is 0.329 e. The van der Waals surface area contributed by atoms with E-state index in [1.165, 1.54) is 27.7 Å². The van der Waals surface area contributed by atoms with E-state index in [9.17, 15) is 18.8 Å². The van der Waals surface area contributed by atoms with Gasteiger partial charge >= 0.3 is 5.69 Å². The van der Waals surface area contributed by atoms with Gasteiger partial charge in [0, 0.05) is 6.21 Å². The van der Waals surface area contributed by atoms with E-state index >= 15 is 0 Å². The number of fused-ring (bicyclic) bond motifs is 1. The number of hydrogen-bond donors (Lipinski definition) is 2. The number of rotatable bonds is 3. The van der Waals surface area contributed by atoms with Gasteiger partial charge in [0.05, 0.1) is 54.0 Å². The lowest BCUT2D eigenvalue weighted by atomic mass is 10.1. The average molecular weight is 419 g/mol. The molecule has 0 bridgehead atoms. The summed E-state index contributed by atoms with van der Waals surface area (Å²) in [6.45, 7) is 1.34. The molecule has 1 aromatic heterocycles. The number of nitrogens with zero attached hydrogens (tertiary/aromatic N) is 3. The molecule has 2 N–H and O–H groups in total. The van der Waals surface area contributed by atoms with E-state index in [-0.39, 0.29) is 12.1 Å². The first-order valence-electron chi connectivity index (χ1n) is 9.79. The van der Waals surface area contributed by atoms with Gasteiger partial charge in [0.15, 0.2) is 0 Å². The third-order valence-corrected chi connectivity index (χ3v) is 5.49. The molecule has 31 heavy (non-hydrogen) atoms. The largest absolute Gasteiger partial charge is 0.380 e. The molecule has 2 aromatic carbocycles. The number of H-pyrrole nitrogens is 1. The van der Waals surface area contributed by atoms with Gasteiger partial charge in [-0.25, -0.2) is 9.18 Å². The highest BCUT2D eigenvalue weighted by Crippen LogP contribution is 2.22. The first kappa shape index (κ1) is 19.0. The summed E-state index contributed by atoms with van der Waals surface area (Å²) in [4.78, 5) is 45.6. The number of aliphatic imine (C=N–C) groups is 1. The van der Waals surface area contributed by atoms with Gasteiger partial charge in [-0.15, -0.1) is 0 Å². The van der Waals surface area contributed by atoms with E-state index in [4.69, 9.17) is 0 Å². The Kier molecular flexibility index (Phi) is 4.50. The van der Waals surface area contributed by atoms with Crippen LogP contribution in [0.25, 0.3) is 10.9 Å². The van der Waals surface area contributed by atoms with Crippen molar-refractivity contribution in [2.45, 2.75) is 6.54 Å². The van der Waals surface area contributed by atoms with E-state index in [0.29, 0.717) is 36.1 Å². The maximum Gasteiger partial charge on any atom is 0.329 e. The Morgan fingerprint density at radius 3 is 2.81 bits per heavy atom. The molecule has 9 heteroatoms. The van der Waals surface area contributed by atoms with Crippen LogP contribution in [0.3, 0.4) is 0 Å². The van der Waals surface area contributed by atoms with Crippen LogP contribution in [0.4, 0.5) is 4.39 Å². The Morgan fingerprint density at radius 2 is 1.97 bits per heavy atom. The molecule has 0 atom stereocenters. The number of aromatic nitrogens is 2. The fourth-order valence-electron chi connectivity index (χ4n) is 3.95. The Hall–Kier alpha value is -4.01. The quantitative estimate of drug-likeness (QED) is 0.667. The monoisotopic (exact) mass is 419 g/mol. The van der Waals surface area contributed by atoms with Crippen LogP contribution in [-0.2, 0) is 6.54 Å². The Bertz CT molecular complexity index is 1400. The van der Waals surface area contributed by atoms with Gasteiger partial charge in [-0.2, -0.15) is 0 Å². The molecule has 1 amide bonds. The second kappa shape index (κ2) is 7.35. The Labute approximate surface area is 175 Å². The molecule has 156 valence electrons. The Morgan fingerprint density at radius 1 is 1.13 bits per heavy atom. The normalized spacial score (nSPS) is 15.3. The van der Waals surface area contributed by atoms with Gasteiger partial charge in [-0.1, -0.05) is 18.2 Å². The maximum atomic E-state index is 14.5. The van der Waals surface area contributed by atoms with Crippen LogP contribution in [0.1, 0.15) is 15.9 Å². The van der Waals surface area contributed by atoms with Crippen LogP contribution < -0.4 is 16.6 Å². The fourth-order valence-corrected chi connectivity index (χ4v) is 3.95. The van der Waals surface area contributed by atoms with E-state index < -0.39 is 23.0 Å².